The number of carbonyl (C=O) groups is 2. The summed E-state index contributed by atoms with van der Waals surface area (Å²) >= 11 is 1.48. The number of benzene rings is 1. The predicted octanol–water partition coefficient (Wildman–Crippen LogP) is 4.22. The summed E-state index contributed by atoms with van der Waals surface area (Å²) in [5.41, 5.74) is 3.54. The number of thiazole rings is 1. The van der Waals surface area contributed by atoms with Crippen LogP contribution in [-0.2, 0) is 28.9 Å². The van der Waals surface area contributed by atoms with Crippen molar-refractivity contribution >= 4 is 28.3 Å². The largest absolute Gasteiger partial charge is 0.337 e. The number of aromatic amines is 1. The molecule has 1 unspecified atom stereocenters. The average Bonchev–Trinajstić information content (AvgIpc) is 3.44. The number of anilines is 1. The van der Waals surface area contributed by atoms with Crippen LogP contribution >= 0.6 is 11.3 Å². The Labute approximate surface area is 196 Å². The maximum atomic E-state index is 13.1. The topological polar surface area (TPSA) is 91.0 Å². The van der Waals surface area contributed by atoms with Crippen LogP contribution < -0.4 is 5.32 Å². The minimum atomic E-state index is -0.657. The summed E-state index contributed by atoms with van der Waals surface area (Å²) in [7, 11) is 1.62. The lowest BCUT2D eigenvalue weighted by molar-refractivity contribution is -0.142. The molecule has 1 atom stereocenters. The summed E-state index contributed by atoms with van der Waals surface area (Å²) in [5.74, 6) is -0.844. The molecule has 1 aliphatic carbocycles. The van der Waals surface area contributed by atoms with E-state index >= 15 is 0 Å². The molecule has 0 aliphatic heterocycles. The molecule has 2 amide bonds. The fourth-order valence-electron chi connectivity index (χ4n) is 4.04. The molecule has 3 aromatic rings. The number of H-pyrrole nitrogens is 1. The van der Waals surface area contributed by atoms with Crippen molar-refractivity contribution < 1.29 is 14.0 Å². The summed E-state index contributed by atoms with van der Waals surface area (Å²) in [6, 6.07) is 8.08. The Morgan fingerprint density at radius 1 is 1.30 bits per heavy atom. The molecule has 2 N–H and O–H groups in total. The van der Waals surface area contributed by atoms with Gasteiger partial charge in [0.2, 0.25) is 0 Å². The van der Waals surface area contributed by atoms with Crippen molar-refractivity contribution in [2.45, 2.75) is 45.4 Å². The Morgan fingerprint density at radius 2 is 2.09 bits per heavy atom. The van der Waals surface area contributed by atoms with Gasteiger partial charge in [0.1, 0.15) is 5.82 Å². The van der Waals surface area contributed by atoms with E-state index in [0.717, 1.165) is 48.3 Å². The molecule has 2 aromatic heterocycles. The standard InChI is InChI=1S/C24H28FN5O2S/c1-3-15-6-11-19-21(13-15)33-24(26-19)27-22(31)23(32)30(2)12-4-5-18-14-20(29-28-18)16-7-9-17(25)10-8-16/h7-10,14-15H,3-6,11-13H2,1-2H3,(H,28,29)(H,26,27,31). The summed E-state index contributed by atoms with van der Waals surface area (Å²) in [4.78, 5) is 32.1. The SMILES string of the molecule is CCC1CCc2nc(NC(=O)C(=O)N(C)CCCc3cc(-c4ccc(F)cc4)n[nH]3)sc2C1. The third-order valence-corrected chi connectivity index (χ3v) is 7.13. The van der Waals surface area contributed by atoms with Gasteiger partial charge in [-0.25, -0.2) is 9.37 Å². The van der Waals surface area contributed by atoms with Gasteiger partial charge in [-0.05, 0) is 68.4 Å². The zero-order valence-corrected chi connectivity index (χ0v) is 19.7. The van der Waals surface area contributed by atoms with Gasteiger partial charge >= 0.3 is 11.8 Å². The lowest BCUT2D eigenvalue weighted by Gasteiger charge is -2.18. The number of fused-ring (bicyclic) bond motifs is 1. The minimum Gasteiger partial charge on any atom is -0.337 e. The number of nitrogens with zero attached hydrogens (tertiary/aromatic N) is 3. The van der Waals surface area contributed by atoms with Crippen molar-refractivity contribution in [3.8, 4) is 11.3 Å². The highest BCUT2D eigenvalue weighted by Gasteiger charge is 2.24. The summed E-state index contributed by atoms with van der Waals surface area (Å²) in [6.45, 7) is 2.63. The van der Waals surface area contributed by atoms with Crippen molar-refractivity contribution in [1.82, 2.24) is 20.1 Å². The molecule has 0 bridgehead atoms. The summed E-state index contributed by atoms with van der Waals surface area (Å²) in [5, 5.41) is 10.4. The van der Waals surface area contributed by atoms with E-state index in [1.165, 1.54) is 33.2 Å². The fourth-order valence-corrected chi connectivity index (χ4v) is 5.15. The van der Waals surface area contributed by atoms with Gasteiger partial charge in [-0.3, -0.25) is 20.0 Å². The second-order valence-electron chi connectivity index (χ2n) is 8.48. The highest BCUT2D eigenvalue weighted by atomic mass is 32.1. The third-order valence-electron chi connectivity index (χ3n) is 6.09. The molecule has 9 heteroatoms. The molecule has 0 saturated carbocycles. The van der Waals surface area contributed by atoms with Gasteiger partial charge in [-0.2, -0.15) is 5.10 Å². The third kappa shape index (κ3) is 5.65. The first kappa shape index (κ1) is 23.1. The van der Waals surface area contributed by atoms with E-state index in [4.69, 9.17) is 0 Å². The van der Waals surface area contributed by atoms with Gasteiger partial charge < -0.3 is 4.90 Å². The van der Waals surface area contributed by atoms with Crippen LogP contribution in [-0.4, -0.2) is 45.5 Å². The predicted molar refractivity (Wildman–Crippen MR) is 126 cm³/mol. The van der Waals surface area contributed by atoms with Crippen LogP contribution in [0.5, 0.6) is 0 Å². The number of rotatable bonds is 7. The molecule has 1 aromatic carbocycles. The molecule has 1 aliphatic rings. The molecule has 0 saturated heterocycles. The number of hydrogen-bond acceptors (Lipinski definition) is 5. The van der Waals surface area contributed by atoms with E-state index in [9.17, 15) is 14.0 Å². The van der Waals surface area contributed by atoms with Gasteiger partial charge in [0.25, 0.3) is 0 Å². The first-order valence-electron chi connectivity index (χ1n) is 11.3. The van der Waals surface area contributed by atoms with Crippen molar-refractivity contribution in [2.75, 3.05) is 18.9 Å². The fraction of sp³-hybridized carbons (Fsp3) is 0.417. The Balaban J connectivity index is 1.25. The van der Waals surface area contributed by atoms with E-state index in [1.807, 2.05) is 6.07 Å². The molecule has 0 radical (unpaired) electrons. The minimum absolute atomic E-state index is 0.286. The number of aromatic nitrogens is 3. The van der Waals surface area contributed by atoms with E-state index < -0.39 is 11.8 Å². The van der Waals surface area contributed by atoms with Crippen LogP contribution in [0.2, 0.25) is 0 Å². The molecule has 174 valence electrons. The molecule has 0 fully saturated rings. The van der Waals surface area contributed by atoms with Crippen molar-refractivity contribution in [3.63, 3.8) is 0 Å². The van der Waals surface area contributed by atoms with Crippen LogP contribution in [0.25, 0.3) is 11.3 Å². The number of likely N-dealkylation sites (N-methyl/N-ethyl adjacent to an activating group) is 1. The van der Waals surface area contributed by atoms with Crippen molar-refractivity contribution in [1.29, 1.82) is 0 Å². The highest BCUT2D eigenvalue weighted by Crippen LogP contribution is 2.33. The summed E-state index contributed by atoms with van der Waals surface area (Å²) in [6.07, 6.45) is 5.56. The number of halogens is 1. The molecule has 33 heavy (non-hydrogen) atoms. The zero-order chi connectivity index (χ0) is 23.4. The smallest absolute Gasteiger partial charge is 0.315 e. The Morgan fingerprint density at radius 3 is 2.85 bits per heavy atom. The van der Waals surface area contributed by atoms with Crippen LogP contribution in [0.15, 0.2) is 30.3 Å². The molecule has 7 nitrogen and oxygen atoms in total. The first-order valence-corrected chi connectivity index (χ1v) is 12.1. The Bertz CT molecular complexity index is 1120. The number of nitrogens with one attached hydrogen (secondary N) is 2. The van der Waals surface area contributed by atoms with Crippen LogP contribution in [0.1, 0.15) is 42.5 Å². The normalized spacial score (nSPS) is 15.2. The molecule has 4 rings (SSSR count). The second kappa shape index (κ2) is 10.2. The molecular weight excluding hydrogens is 441 g/mol. The van der Waals surface area contributed by atoms with E-state index in [1.54, 1.807) is 19.2 Å². The van der Waals surface area contributed by atoms with Crippen LogP contribution in [0, 0.1) is 11.7 Å². The van der Waals surface area contributed by atoms with Crippen LogP contribution in [0.4, 0.5) is 9.52 Å². The monoisotopic (exact) mass is 469 g/mol. The number of hydrogen-bond donors (Lipinski definition) is 2. The first-order chi connectivity index (χ1) is 15.9. The maximum absolute atomic E-state index is 13.1. The van der Waals surface area contributed by atoms with Crippen molar-refractivity contribution in [3.05, 3.63) is 52.4 Å². The van der Waals surface area contributed by atoms with E-state index in [-0.39, 0.29) is 5.82 Å². The average molecular weight is 470 g/mol. The van der Waals surface area contributed by atoms with Crippen molar-refractivity contribution in [2.24, 2.45) is 5.92 Å². The van der Waals surface area contributed by atoms with Gasteiger partial charge in [-0.1, -0.05) is 13.3 Å². The second-order valence-corrected chi connectivity index (χ2v) is 9.56. The number of carbonyl (C=O) groups excluding carboxylic acids is 2. The van der Waals surface area contributed by atoms with Gasteiger partial charge in [0, 0.05) is 29.7 Å². The molecule has 0 spiro atoms. The highest BCUT2D eigenvalue weighted by molar-refractivity contribution is 7.16. The quantitative estimate of drug-likeness (QED) is 0.507. The van der Waals surface area contributed by atoms with E-state index in [2.05, 4.69) is 27.4 Å². The van der Waals surface area contributed by atoms with E-state index in [0.29, 0.717) is 30.4 Å². The Hall–Kier alpha value is -3.07. The van der Waals surface area contributed by atoms with Gasteiger partial charge in [0.15, 0.2) is 5.13 Å². The van der Waals surface area contributed by atoms with Gasteiger partial charge in [-0.15, -0.1) is 11.3 Å². The zero-order valence-electron chi connectivity index (χ0n) is 18.9. The Kier molecular flexibility index (Phi) is 7.17. The van der Waals surface area contributed by atoms with Gasteiger partial charge in [0.05, 0.1) is 11.4 Å². The number of amides is 2. The number of aryl methyl sites for hydroxylation is 2. The van der Waals surface area contributed by atoms with Crippen LogP contribution in [0.3, 0.4) is 0 Å². The lowest BCUT2D eigenvalue weighted by atomic mass is 9.89. The summed E-state index contributed by atoms with van der Waals surface area (Å²) < 4.78 is 13.1. The molecular formula is C24H28FN5O2S. The maximum Gasteiger partial charge on any atom is 0.315 e. The lowest BCUT2D eigenvalue weighted by Crippen LogP contribution is -2.37. The molecule has 2 heterocycles.